The molecule has 0 unspecified atom stereocenters. The van der Waals surface area contributed by atoms with E-state index in [1.165, 1.54) is 12.8 Å². The first kappa shape index (κ1) is 13.7. The minimum atomic E-state index is 0.0376. The SMILES string of the molecule is C[C@@H](CC(=O)N1CCC[C@@H](N2CCNC2=O)C1)C1CC1. The van der Waals surface area contributed by atoms with E-state index in [0.717, 1.165) is 44.9 Å². The summed E-state index contributed by atoms with van der Waals surface area (Å²) in [5.74, 6) is 1.59. The summed E-state index contributed by atoms with van der Waals surface area (Å²) in [6, 6.07) is 0.252. The molecule has 0 spiro atoms. The number of likely N-dealkylation sites (tertiary alicyclic amines) is 1. The van der Waals surface area contributed by atoms with Crippen molar-refractivity contribution in [2.75, 3.05) is 26.2 Å². The molecule has 0 radical (unpaired) electrons. The van der Waals surface area contributed by atoms with Gasteiger partial charge in [0.05, 0.1) is 6.04 Å². The number of nitrogens with one attached hydrogen (secondary N) is 1. The molecule has 5 heteroatoms. The molecular formula is C15H25N3O2. The Morgan fingerprint density at radius 3 is 2.80 bits per heavy atom. The fourth-order valence-corrected chi connectivity index (χ4v) is 3.51. The highest BCUT2D eigenvalue weighted by Gasteiger charge is 2.34. The summed E-state index contributed by atoms with van der Waals surface area (Å²) in [6.07, 6.45) is 5.31. The quantitative estimate of drug-likeness (QED) is 0.846. The minimum Gasteiger partial charge on any atom is -0.341 e. The lowest BCUT2D eigenvalue weighted by Crippen LogP contribution is -2.50. The highest BCUT2D eigenvalue weighted by molar-refractivity contribution is 5.78. The van der Waals surface area contributed by atoms with Gasteiger partial charge in [-0.15, -0.1) is 0 Å². The van der Waals surface area contributed by atoms with E-state index in [9.17, 15) is 9.59 Å². The molecule has 0 aromatic heterocycles. The second-order valence-corrected chi connectivity index (χ2v) is 6.58. The molecule has 1 saturated carbocycles. The Hall–Kier alpha value is -1.26. The molecule has 20 heavy (non-hydrogen) atoms. The Labute approximate surface area is 120 Å². The van der Waals surface area contributed by atoms with Crippen LogP contribution < -0.4 is 5.32 Å². The first-order valence-electron chi connectivity index (χ1n) is 7.97. The summed E-state index contributed by atoms with van der Waals surface area (Å²) in [7, 11) is 0. The number of hydrogen-bond acceptors (Lipinski definition) is 2. The van der Waals surface area contributed by atoms with Crippen molar-refractivity contribution in [1.82, 2.24) is 15.1 Å². The molecule has 0 aromatic rings. The zero-order chi connectivity index (χ0) is 14.1. The minimum absolute atomic E-state index is 0.0376. The molecule has 0 aromatic carbocycles. The number of hydrogen-bond donors (Lipinski definition) is 1. The third kappa shape index (κ3) is 2.91. The number of piperidine rings is 1. The largest absolute Gasteiger partial charge is 0.341 e. The molecule has 2 heterocycles. The second kappa shape index (κ2) is 5.62. The van der Waals surface area contributed by atoms with Gasteiger partial charge >= 0.3 is 6.03 Å². The smallest absolute Gasteiger partial charge is 0.317 e. The predicted octanol–water partition coefficient (Wildman–Crippen LogP) is 1.44. The van der Waals surface area contributed by atoms with E-state index in [0.29, 0.717) is 12.3 Å². The molecule has 3 rings (SSSR count). The highest BCUT2D eigenvalue weighted by atomic mass is 16.2. The number of carbonyl (C=O) groups is 2. The molecule has 1 N–H and O–H groups in total. The Bertz CT molecular complexity index is 395. The van der Waals surface area contributed by atoms with Crippen molar-refractivity contribution in [3.63, 3.8) is 0 Å². The predicted molar refractivity (Wildman–Crippen MR) is 76.2 cm³/mol. The monoisotopic (exact) mass is 279 g/mol. The van der Waals surface area contributed by atoms with E-state index in [1.54, 1.807) is 0 Å². The number of rotatable bonds is 4. The lowest BCUT2D eigenvalue weighted by Gasteiger charge is -2.37. The van der Waals surface area contributed by atoms with Gasteiger partial charge < -0.3 is 15.1 Å². The Morgan fingerprint density at radius 2 is 2.15 bits per heavy atom. The van der Waals surface area contributed by atoms with Crippen molar-refractivity contribution in [2.45, 2.75) is 45.1 Å². The van der Waals surface area contributed by atoms with Gasteiger partial charge in [0.25, 0.3) is 0 Å². The third-order valence-corrected chi connectivity index (χ3v) is 5.00. The van der Waals surface area contributed by atoms with Gasteiger partial charge in [0.1, 0.15) is 0 Å². The molecule has 3 aliphatic rings. The van der Waals surface area contributed by atoms with Gasteiger partial charge in [-0.05, 0) is 37.5 Å². The number of amides is 3. The molecule has 3 amide bonds. The molecule has 2 atom stereocenters. The summed E-state index contributed by atoms with van der Waals surface area (Å²) < 4.78 is 0. The standard InChI is InChI=1S/C15H25N3O2/c1-11(12-4-5-12)9-14(19)17-7-2-3-13(10-17)18-8-6-16-15(18)20/h11-13H,2-10H2,1H3,(H,16,20)/t11-,13+/m0/s1. The molecule has 112 valence electrons. The number of carbonyl (C=O) groups excluding carboxylic acids is 2. The maximum Gasteiger partial charge on any atom is 0.317 e. The van der Waals surface area contributed by atoms with Crippen LogP contribution in [0.4, 0.5) is 4.79 Å². The van der Waals surface area contributed by atoms with Gasteiger partial charge in [-0.25, -0.2) is 4.79 Å². The molecule has 3 fully saturated rings. The lowest BCUT2D eigenvalue weighted by atomic mass is 9.99. The van der Waals surface area contributed by atoms with Crippen LogP contribution in [0.1, 0.15) is 39.0 Å². The first-order chi connectivity index (χ1) is 9.65. The number of nitrogens with zero attached hydrogens (tertiary/aromatic N) is 2. The van der Waals surface area contributed by atoms with E-state index >= 15 is 0 Å². The zero-order valence-corrected chi connectivity index (χ0v) is 12.3. The fraction of sp³-hybridized carbons (Fsp3) is 0.867. The van der Waals surface area contributed by atoms with Crippen molar-refractivity contribution in [3.05, 3.63) is 0 Å². The van der Waals surface area contributed by atoms with Gasteiger partial charge in [-0.1, -0.05) is 6.92 Å². The molecule has 0 bridgehead atoms. The van der Waals surface area contributed by atoms with Gasteiger partial charge in [-0.2, -0.15) is 0 Å². The first-order valence-corrected chi connectivity index (χ1v) is 7.97. The molecule has 1 aliphatic carbocycles. The fourth-order valence-electron chi connectivity index (χ4n) is 3.51. The van der Waals surface area contributed by atoms with E-state index < -0.39 is 0 Å². The highest BCUT2D eigenvalue weighted by Crippen LogP contribution is 2.38. The van der Waals surface area contributed by atoms with Crippen molar-refractivity contribution in [2.24, 2.45) is 11.8 Å². The van der Waals surface area contributed by atoms with Crippen LogP contribution in [0, 0.1) is 11.8 Å². The average Bonchev–Trinajstić information content (AvgIpc) is 3.21. The second-order valence-electron chi connectivity index (χ2n) is 6.58. The molecule has 2 saturated heterocycles. The summed E-state index contributed by atoms with van der Waals surface area (Å²) >= 11 is 0. The van der Waals surface area contributed by atoms with E-state index in [2.05, 4.69) is 12.2 Å². The maximum atomic E-state index is 12.4. The summed E-state index contributed by atoms with van der Waals surface area (Å²) in [6.45, 7) is 5.31. The van der Waals surface area contributed by atoms with Crippen molar-refractivity contribution in [1.29, 1.82) is 0 Å². The van der Waals surface area contributed by atoms with Crippen molar-refractivity contribution < 1.29 is 9.59 Å². The Kier molecular flexibility index (Phi) is 3.85. The van der Waals surface area contributed by atoms with E-state index in [-0.39, 0.29) is 18.0 Å². The lowest BCUT2D eigenvalue weighted by molar-refractivity contribution is -0.134. The van der Waals surface area contributed by atoms with Crippen LogP contribution in [0.5, 0.6) is 0 Å². The maximum absolute atomic E-state index is 12.4. The third-order valence-electron chi connectivity index (χ3n) is 5.00. The van der Waals surface area contributed by atoms with Gasteiger partial charge in [0.2, 0.25) is 5.91 Å². The van der Waals surface area contributed by atoms with Gasteiger partial charge in [-0.3, -0.25) is 4.79 Å². The summed E-state index contributed by atoms with van der Waals surface area (Å²) in [5.41, 5.74) is 0. The van der Waals surface area contributed by atoms with Gasteiger partial charge in [0.15, 0.2) is 0 Å². The van der Waals surface area contributed by atoms with Gasteiger partial charge in [0, 0.05) is 32.6 Å². The van der Waals surface area contributed by atoms with Crippen molar-refractivity contribution in [3.8, 4) is 0 Å². The molecular weight excluding hydrogens is 254 g/mol. The van der Waals surface area contributed by atoms with E-state index in [1.807, 2.05) is 9.80 Å². The zero-order valence-electron chi connectivity index (χ0n) is 12.3. The van der Waals surface area contributed by atoms with Crippen molar-refractivity contribution >= 4 is 11.9 Å². The Morgan fingerprint density at radius 1 is 1.35 bits per heavy atom. The van der Waals surface area contributed by atoms with E-state index in [4.69, 9.17) is 0 Å². The number of urea groups is 1. The summed E-state index contributed by atoms with van der Waals surface area (Å²) in [4.78, 5) is 28.0. The van der Waals surface area contributed by atoms with Crippen LogP contribution in [-0.2, 0) is 4.79 Å². The van der Waals surface area contributed by atoms with Crippen LogP contribution >= 0.6 is 0 Å². The normalized spacial score (nSPS) is 28.4. The average molecular weight is 279 g/mol. The van der Waals surface area contributed by atoms with Crippen LogP contribution in [0.2, 0.25) is 0 Å². The molecule has 5 nitrogen and oxygen atoms in total. The topological polar surface area (TPSA) is 52.7 Å². The summed E-state index contributed by atoms with van der Waals surface area (Å²) in [5, 5.41) is 2.85. The molecule has 2 aliphatic heterocycles. The van der Waals surface area contributed by atoms with Crippen LogP contribution in [0.15, 0.2) is 0 Å². The van der Waals surface area contributed by atoms with Crippen LogP contribution in [-0.4, -0.2) is 54.0 Å². The van der Waals surface area contributed by atoms with Crippen LogP contribution in [0.25, 0.3) is 0 Å². The van der Waals surface area contributed by atoms with Crippen LogP contribution in [0.3, 0.4) is 0 Å². The Balaban J connectivity index is 1.54.